The van der Waals surface area contributed by atoms with Crippen LogP contribution in [0.5, 0.6) is 5.88 Å². The third kappa shape index (κ3) is 4.12. The normalized spacial score (nSPS) is 12.7. The zero-order valence-electron chi connectivity index (χ0n) is 14.5. The molecule has 0 radical (unpaired) electrons. The van der Waals surface area contributed by atoms with Gasteiger partial charge in [-0.05, 0) is 37.5 Å². The van der Waals surface area contributed by atoms with Gasteiger partial charge in [0.05, 0.1) is 11.6 Å². The summed E-state index contributed by atoms with van der Waals surface area (Å²) in [5.41, 5.74) is 3.20. The molecule has 0 aliphatic heterocycles. The number of ether oxygens (including phenoxy) is 1. The minimum atomic E-state index is 0.367. The summed E-state index contributed by atoms with van der Waals surface area (Å²) < 4.78 is 5.63. The fourth-order valence-electron chi connectivity index (χ4n) is 3.03. The molecule has 0 atom stereocenters. The van der Waals surface area contributed by atoms with Crippen LogP contribution in [0.3, 0.4) is 0 Å². The van der Waals surface area contributed by atoms with Crippen molar-refractivity contribution in [2.75, 3.05) is 18.5 Å². The SMILES string of the molecule is Clc1cnc(OCCNc2nc(-c3cccnc3)nc3c2CCC3)c(Cl)c1. The maximum Gasteiger partial charge on any atom is 0.232 e. The van der Waals surface area contributed by atoms with Crippen molar-refractivity contribution < 1.29 is 4.74 Å². The quantitative estimate of drug-likeness (QED) is 0.623. The molecule has 4 rings (SSSR count). The van der Waals surface area contributed by atoms with Crippen molar-refractivity contribution in [1.82, 2.24) is 19.9 Å². The Labute approximate surface area is 167 Å². The van der Waals surface area contributed by atoms with Crippen molar-refractivity contribution in [3.05, 3.63) is 58.1 Å². The molecule has 3 aromatic heterocycles. The molecule has 0 saturated carbocycles. The molecule has 0 bridgehead atoms. The van der Waals surface area contributed by atoms with Crippen LogP contribution in [-0.2, 0) is 12.8 Å². The second-order valence-electron chi connectivity index (χ2n) is 6.13. The first-order chi connectivity index (χ1) is 13.2. The monoisotopic (exact) mass is 401 g/mol. The highest BCUT2D eigenvalue weighted by molar-refractivity contribution is 6.35. The van der Waals surface area contributed by atoms with Gasteiger partial charge in [-0.1, -0.05) is 23.2 Å². The zero-order chi connectivity index (χ0) is 18.6. The Bertz CT molecular complexity index is 952. The number of fused-ring (bicyclic) bond motifs is 1. The average Bonchev–Trinajstić information content (AvgIpc) is 3.16. The third-order valence-corrected chi connectivity index (χ3v) is 4.74. The molecule has 3 heterocycles. The number of nitrogens with one attached hydrogen (secondary N) is 1. The van der Waals surface area contributed by atoms with Gasteiger partial charge in [0.15, 0.2) is 5.82 Å². The third-order valence-electron chi connectivity index (χ3n) is 4.26. The highest BCUT2D eigenvalue weighted by atomic mass is 35.5. The average molecular weight is 402 g/mol. The standard InChI is InChI=1S/C19H17Cl2N5O/c20-13-9-15(21)19(24-11-13)27-8-7-23-18-14-4-1-5-16(14)25-17(26-18)12-3-2-6-22-10-12/h2-3,6,9-11H,1,4-5,7-8H2,(H,23,25,26). The van der Waals surface area contributed by atoms with E-state index in [1.54, 1.807) is 18.5 Å². The van der Waals surface area contributed by atoms with E-state index in [1.165, 1.54) is 11.8 Å². The molecule has 138 valence electrons. The molecule has 6 nitrogen and oxygen atoms in total. The Kier molecular flexibility index (Phi) is 5.36. The fourth-order valence-corrected chi connectivity index (χ4v) is 3.46. The van der Waals surface area contributed by atoms with Gasteiger partial charge in [-0.15, -0.1) is 0 Å². The van der Waals surface area contributed by atoms with Crippen molar-refractivity contribution in [1.29, 1.82) is 0 Å². The minimum Gasteiger partial charge on any atom is -0.475 e. The van der Waals surface area contributed by atoms with Crippen molar-refractivity contribution in [2.24, 2.45) is 0 Å². The van der Waals surface area contributed by atoms with Crippen molar-refractivity contribution >= 4 is 29.0 Å². The van der Waals surface area contributed by atoms with Crippen LogP contribution >= 0.6 is 23.2 Å². The number of rotatable bonds is 6. The lowest BCUT2D eigenvalue weighted by atomic mass is 10.2. The second-order valence-corrected chi connectivity index (χ2v) is 6.98. The van der Waals surface area contributed by atoms with Gasteiger partial charge in [0, 0.05) is 35.4 Å². The first-order valence-corrected chi connectivity index (χ1v) is 9.44. The van der Waals surface area contributed by atoms with E-state index in [0.29, 0.717) is 34.9 Å². The Hall–Kier alpha value is -2.44. The van der Waals surface area contributed by atoms with Gasteiger partial charge in [-0.3, -0.25) is 4.98 Å². The van der Waals surface area contributed by atoms with Crippen LogP contribution in [0.15, 0.2) is 36.8 Å². The summed E-state index contributed by atoms with van der Waals surface area (Å²) in [6.45, 7) is 0.964. The number of aromatic nitrogens is 4. The van der Waals surface area contributed by atoms with E-state index in [1.807, 2.05) is 12.1 Å². The molecule has 1 N–H and O–H groups in total. The molecule has 0 saturated heterocycles. The van der Waals surface area contributed by atoms with E-state index in [-0.39, 0.29) is 0 Å². The lowest BCUT2D eigenvalue weighted by Gasteiger charge is -2.13. The second kappa shape index (κ2) is 8.06. The molecule has 0 spiro atoms. The number of anilines is 1. The molecule has 3 aromatic rings. The van der Waals surface area contributed by atoms with Gasteiger partial charge in [0.25, 0.3) is 0 Å². The Morgan fingerprint density at radius 1 is 1.15 bits per heavy atom. The van der Waals surface area contributed by atoms with Crippen LogP contribution in [0.1, 0.15) is 17.7 Å². The van der Waals surface area contributed by atoms with Gasteiger partial charge in [-0.25, -0.2) is 15.0 Å². The summed E-state index contributed by atoms with van der Waals surface area (Å²) in [5.74, 6) is 1.91. The van der Waals surface area contributed by atoms with Gasteiger partial charge >= 0.3 is 0 Å². The number of hydrogen-bond donors (Lipinski definition) is 1. The first-order valence-electron chi connectivity index (χ1n) is 8.68. The Morgan fingerprint density at radius 3 is 2.89 bits per heavy atom. The maximum absolute atomic E-state index is 6.07. The van der Waals surface area contributed by atoms with Crippen molar-refractivity contribution in [3.8, 4) is 17.3 Å². The molecule has 1 aliphatic rings. The molecule has 8 heteroatoms. The Morgan fingerprint density at radius 2 is 2.07 bits per heavy atom. The number of nitrogens with zero attached hydrogens (tertiary/aromatic N) is 4. The summed E-state index contributed by atoms with van der Waals surface area (Å²) in [7, 11) is 0. The summed E-state index contributed by atoms with van der Waals surface area (Å²) in [5, 5.41) is 4.23. The lowest BCUT2D eigenvalue weighted by molar-refractivity contribution is 0.320. The zero-order valence-corrected chi connectivity index (χ0v) is 16.0. The van der Waals surface area contributed by atoms with Crippen LogP contribution < -0.4 is 10.1 Å². The molecular formula is C19H17Cl2N5O. The van der Waals surface area contributed by atoms with Crippen LogP contribution in [0, 0.1) is 0 Å². The summed E-state index contributed by atoms with van der Waals surface area (Å²) in [6.07, 6.45) is 8.07. The van der Waals surface area contributed by atoms with E-state index in [0.717, 1.165) is 36.3 Å². The van der Waals surface area contributed by atoms with E-state index in [4.69, 9.17) is 37.9 Å². The summed E-state index contributed by atoms with van der Waals surface area (Å²) in [6, 6.07) is 5.46. The summed E-state index contributed by atoms with van der Waals surface area (Å²) in [4.78, 5) is 17.7. The number of halogens is 2. The molecule has 0 aromatic carbocycles. The van der Waals surface area contributed by atoms with Gasteiger partial charge in [0.2, 0.25) is 5.88 Å². The van der Waals surface area contributed by atoms with Crippen LogP contribution in [0.4, 0.5) is 5.82 Å². The predicted molar refractivity (Wildman–Crippen MR) is 106 cm³/mol. The molecule has 0 amide bonds. The molecular weight excluding hydrogens is 385 g/mol. The smallest absolute Gasteiger partial charge is 0.232 e. The number of pyridine rings is 2. The Balaban J connectivity index is 1.46. The van der Waals surface area contributed by atoms with Gasteiger partial charge < -0.3 is 10.1 Å². The van der Waals surface area contributed by atoms with Crippen LogP contribution in [0.2, 0.25) is 10.0 Å². The van der Waals surface area contributed by atoms with Gasteiger partial charge in [-0.2, -0.15) is 0 Å². The van der Waals surface area contributed by atoms with E-state index in [9.17, 15) is 0 Å². The van der Waals surface area contributed by atoms with Crippen LogP contribution in [-0.4, -0.2) is 33.1 Å². The first kappa shape index (κ1) is 17.9. The molecule has 0 unspecified atom stereocenters. The molecule has 1 aliphatic carbocycles. The number of aryl methyl sites for hydroxylation is 1. The van der Waals surface area contributed by atoms with Crippen molar-refractivity contribution in [2.45, 2.75) is 19.3 Å². The van der Waals surface area contributed by atoms with Gasteiger partial charge in [0.1, 0.15) is 17.4 Å². The predicted octanol–water partition coefficient (Wildman–Crippen LogP) is 4.22. The fraction of sp³-hybridized carbons (Fsp3) is 0.263. The molecule has 0 fully saturated rings. The van der Waals surface area contributed by atoms with E-state index < -0.39 is 0 Å². The molecule has 27 heavy (non-hydrogen) atoms. The van der Waals surface area contributed by atoms with E-state index in [2.05, 4.69) is 15.3 Å². The number of hydrogen-bond acceptors (Lipinski definition) is 6. The highest BCUT2D eigenvalue weighted by Gasteiger charge is 2.20. The maximum atomic E-state index is 6.07. The largest absolute Gasteiger partial charge is 0.475 e. The highest BCUT2D eigenvalue weighted by Crippen LogP contribution is 2.29. The topological polar surface area (TPSA) is 72.8 Å². The minimum absolute atomic E-state index is 0.367. The lowest BCUT2D eigenvalue weighted by Crippen LogP contribution is -2.15. The van der Waals surface area contributed by atoms with Crippen molar-refractivity contribution in [3.63, 3.8) is 0 Å². The van der Waals surface area contributed by atoms with Crippen LogP contribution in [0.25, 0.3) is 11.4 Å². The van der Waals surface area contributed by atoms with E-state index >= 15 is 0 Å². The summed E-state index contributed by atoms with van der Waals surface area (Å²) >= 11 is 11.9.